The van der Waals surface area contributed by atoms with Gasteiger partial charge < -0.3 is 9.13 Å². The molecule has 44 heavy (non-hydrogen) atoms. The topological polar surface area (TPSA) is 87.2 Å². The summed E-state index contributed by atoms with van der Waals surface area (Å²) in [6.07, 6.45) is 0. The molecule has 10 heteroatoms. The van der Waals surface area contributed by atoms with Crippen molar-refractivity contribution in [2.45, 2.75) is 13.8 Å². The van der Waals surface area contributed by atoms with E-state index in [4.69, 9.17) is 18.7 Å². The van der Waals surface area contributed by atoms with E-state index >= 15 is 0 Å². The van der Waals surface area contributed by atoms with Crippen LogP contribution in [0.15, 0.2) is 60.7 Å². The lowest BCUT2D eigenvalue weighted by atomic mass is 9.96. The predicted molar refractivity (Wildman–Crippen MR) is 182 cm³/mol. The van der Waals surface area contributed by atoms with Crippen LogP contribution in [-0.4, -0.2) is 36.6 Å². The van der Waals surface area contributed by atoms with Gasteiger partial charge in [0.2, 0.25) is 0 Å². The van der Waals surface area contributed by atoms with Crippen LogP contribution < -0.4 is 0 Å². The van der Waals surface area contributed by atoms with Crippen LogP contribution in [0.25, 0.3) is 98.6 Å². The molecule has 4 heterocycles. The van der Waals surface area contributed by atoms with Gasteiger partial charge in [-0.2, -0.15) is 17.5 Å². The van der Waals surface area contributed by atoms with Crippen molar-refractivity contribution in [2.24, 2.45) is 14.1 Å². The first-order valence-electron chi connectivity index (χ1n) is 14.4. The first-order chi connectivity index (χ1) is 21.5. The predicted octanol–water partition coefficient (Wildman–Crippen LogP) is 8.37. The molecule has 4 aromatic heterocycles. The summed E-state index contributed by atoms with van der Waals surface area (Å²) in [4.78, 5) is 9.94. The molecule has 0 atom stereocenters. The Morgan fingerprint density at radius 2 is 1.00 bits per heavy atom. The Kier molecular flexibility index (Phi) is 4.61. The molecule has 0 saturated carbocycles. The maximum Gasteiger partial charge on any atom is 0.143 e. The van der Waals surface area contributed by atoms with Crippen molar-refractivity contribution in [1.29, 1.82) is 0 Å². The van der Waals surface area contributed by atoms with Gasteiger partial charge in [0.25, 0.3) is 0 Å². The van der Waals surface area contributed by atoms with Crippen molar-refractivity contribution in [3.63, 3.8) is 0 Å². The van der Waals surface area contributed by atoms with Gasteiger partial charge in [0, 0.05) is 41.2 Å². The summed E-state index contributed by atoms with van der Waals surface area (Å²) < 4.78 is 23.1. The normalized spacial score (nSPS) is 12.5. The summed E-state index contributed by atoms with van der Waals surface area (Å²) in [5, 5.41) is 9.37. The number of benzene rings is 6. The van der Waals surface area contributed by atoms with Gasteiger partial charge >= 0.3 is 0 Å². The van der Waals surface area contributed by atoms with Crippen molar-refractivity contribution in [3.05, 3.63) is 72.1 Å². The smallest absolute Gasteiger partial charge is 0.143 e. The van der Waals surface area contributed by atoms with E-state index < -0.39 is 0 Å². The second kappa shape index (κ2) is 8.31. The lowest BCUT2D eigenvalue weighted by Crippen LogP contribution is -1.95. The van der Waals surface area contributed by atoms with Gasteiger partial charge in [0.05, 0.1) is 45.5 Å². The van der Waals surface area contributed by atoms with E-state index in [1.165, 1.54) is 61.3 Å². The molecule has 0 N–H and O–H groups in total. The van der Waals surface area contributed by atoms with Gasteiger partial charge in [-0.1, -0.05) is 36.4 Å². The molecule has 210 valence electrons. The second-order valence-electron chi connectivity index (χ2n) is 11.6. The fourth-order valence-corrected chi connectivity index (χ4v) is 8.39. The number of hydrogen-bond donors (Lipinski definition) is 0. The third-order valence-electron chi connectivity index (χ3n) is 9.37. The van der Waals surface area contributed by atoms with Crippen LogP contribution >= 0.6 is 23.5 Å². The van der Waals surface area contributed by atoms with Crippen molar-refractivity contribution in [3.8, 4) is 11.4 Å². The number of aromatic nitrogens is 8. The molecule has 0 aliphatic carbocycles. The van der Waals surface area contributed by atoms with Gasteiger partial charge in [-0.05, 0) is 65.2 Å². The lowest BCUT2D eigenvalue weighted by molar-refractivity contribution is 0.888. The molecule has 10 rings (SSSR count). The maximum absolute atomic E-state index is 5.19. The summed E-state index contributed by atoms with van der Waals surface area (Å²) >= 11 is 2.48. The molecule has 0 saturated heterocycles. The minimum Gasteiger partial charge on any atom is -0.331 e. The highest BCUT2D eigenvalue weighted by Gasteiger charge is 2.22. The van der Waals surface area contributed by atoms with Crippen LogP contribution in [0.2, 0.25) is 0 Å². The van der Waals surface area contributed by atoms with Crippen LogP contribution in [0.3, 0.4) is 0 Å². The Balaban J connectivity index is 1.26. The second-order valence-corrected chi connectivity index (χ2v) is 12.7. The Labute approximate surface area is 257 Å². The monoisotopic (exact) mass is 606 g/mol. The molecule has 0 unspecified atom stereocenters. The number of rotatable bonds is 1. The quantitative estimate of drug-likeness (QED) is 0.175. The van der Waals surface area contributed by atoms with E-state index in [9.17, 15) is 0 Å². The van der Waals surface area contributed by atoms with Gasteiger partial charge in [-0.25, -0.2) is 9.97 Å². The number of nitrogens with zero attached hydrogens (tertiary/aromatic N) is 8. The summed E-state index contributed by atoms with van der Waals surface area (Å²) in [6.45, 7) is 4.13. The molecule has 8 nitrogen and oxygen atoms in total. The van der Waals surface area contributed by atoms with Crippen LogP contribution in [0, 0.1) is 13.8 Å². The highest BCUT2D eigenvalue weighted by atomic mass is 32.1. The average Bonchev–Trinajstić information content (AvgIpc) is 3.83. The number of imidazole rings is 2. The van der Waals surface area contributed by atoms with Crippen molar-refractivity contribution in [2.75, 3.05) is 0 Å². The minimum absolute atomic E-state index is 0.858. The molecule has 0 bridgehead atoms. The van der Waals surface area contributed by atoms with Crippen LogP contribution in [0.4, 0.5) is 0 Å². The SMILES string of the molecule is Cc1cc2c(cc(-c3nc4ccc5c6ccc7c(ccc8nc(C)n(C)c87)c6ccc5c4n3C)c3nsnc32)c2nsnc12. The fourth-order valence-electron chi connectivity index (χ4n) is 7.20. The van der Waals surface area contributed by atoms with E-state index in [1.54, 1.807) is 0 Å². The fraction of sp³-hybridized carbons (Fsp3) is 0.118. The van der Waals surface area contributed by atoms with Crippen LogP contribution in [-0.2, 0) is 14.1 Å². The summed E-state index contributed by atoms with van der Waals surface area (Å²) in [6, 6.07) is 22.0. The zero-order valence-electron chi connectivity index (χ0n) is 24.2. The lowest BCUT2D eigenvalue weighted by Gasteiger charge is -2.11. The summed E-state index contributed by atoms with van der Waals surface area (Å²) in [7, 11) is 4.19. The molecule has 0 amide bonds. The van der Waals surface area contributed by atoms with E-state index in [1.807, 2.05) is 0 Å². The first kappa shape index (κ1) is 24.4. The summed E-state index contributed by atoms with van der Waals surface area (Å²) in [5.41, 5.74) is 9.88. The van der Waals surface area contributed by atoms with E-state index in [0.717, 1.165) is 72.2 Å². The number of aryl methyl sites for hydroxylation is 4. The maximum atomic E-state index is 5.19. The minimum atomic E-state index is 0.858. The van der Waals surface area contributed by atoms with Crippen molar-refractivity contribution < 1.29 is 0 Å². The summed E-state index contributed by atoms with van der Waals surface area (Å²) in [5.74, 6) is 1.87. The van der Waals surface area contributed by atoms with E-state index in [0.29, 0.717) is 0 Å². The average molecular weight is 607 g/mol. The molecular weight excluding hydrogens is 585 g/mol. The van der Waals surface area contributed by atoms with Gasteiger partial charge in [0.1, 0.15) is 33.7 Å². The van der Waals surface area contributed by atoms with Crippen molar-refractivity contribution >= 4 is 111 Å². The van der Waals surface area contributed by atoms with Crippen LogP contribution in [0.5, 0.6) is 0 Å². The molecule has 10 aromatic rings. The van der Waals surface area contributed by atoms with Gasteiger partial charge in [-0.3, -0.25) is 0 Å². The molecule has 6 aromatic carbocycles. The first-order valence-corrected chi connectivity index (χ1v) is 15.8. The van der Waals surface area contributed by atoms with Gasteiger partial charge in [-0.15, -0.1) is 0 Å². The molecular formula is C34H22N8S2. The number of hydrogen-bond acceptors (Lipinski definition) is 8. The standard InChI is InChI=1S/C34H22N8S2/c1-15-13-23-24(29-28(15)37-43-38-29)14-25(31-30(23)39-44-40-31)34-36-27-12-10-20-18-5-7-21-19(9-11-26-32(21)41(3)16(2)35-26)17(18)6-8-22(20)33(27)42(34)4/h5-14H,1-4H3. The Bertz CT molecular complexity index is 2890. The zero-order valence-corrected chi connectivity index (χ0v) is 25.8. The van der Waals surface area contributed by atoms with E-state index in [-0.39, 0.29) is 0 Å². The Hall–Kier alpha value is -5.06. The Morgan fingerprint density at radius 1 is 0.500 bits per heavy atom. The molecule has 0 radical (unpaired) electrons. The zero-order chi connectivity index (χ0) is 29.4. The number of fused-ring (bicyclic) bond motifs is 14. The molecule has 0 fully saturated rings. The molecule has 0 aliphatic heterocycles. The molecule has 0 spiro atoms. The van der Waals surface area contributed by atoms with E-state index in [2.05, 4.69) is 106 Å². The van der Waals surface area contributed by atoms with Crippen LogP contribution in [0.1, 0.15) is 11.4 Å². The van der Waals surface area contributed by atoms with Crippen molar-refractivity contribution in [1.82, 2.24) is 36.6 Å². The highest BCUT2D eigenvalue weighted by molar-refractivity contribution is 7.00. The van der Waals surface area contributed by atoms with Gasteiger partial charge in [0.15, 0.2) is 0 Å². The third kappa shape index (κ3) is 2.96. The Morgan fingerprint density at radius 3 is 1.70 bits per heavy atom. The largest absolute Gasteiger partial charge is 0.331 e. The molecule has 0 aliphatic rings. The third-order valence-corrected chi connectivity index (χ3v) is 10.4. The highest BCUT2D eigenvalue weighted by Crippen LogP contribution is 2.41.